The number of ether oxygens (including phenoxy) is 1. The summed E-state index contributed by atoms with van der Waals surface area (Å²) in [5.74, 6) is -0.981. The third-order valence-electron chi connectivity index (χ3n) is 4.87. The number of halogens is 1. The molecule has 28 heavy (non-hydrogen) atoms. The molecule has 1 N–H and O–H groups in total. The Morgan fingerprint density at radius 1 is 1.07 bits per heavy atom. The normalized spacial score (nSPS) is 11.2. The molecule has 0 aliphatic heterocycles. The van der Waals surface area contributed by atoms with E-state index in [1.165, 1.54) is 45.4 Å². The van der Waals surface area contributed by atoms with Gasteiger partial charge in [-0.25, -0.2) is 0 Å². The number of Topliss-reactive ketones (excluding diaryl/α,β-unsaturated/α-hetero) is 1. The van der Waals surface area contributed by atoms with E-state index in [1.54, 1.807) is 18.2 Å². The first kappa shape index (κ1) is 22.6. The van der Waals surface area contributed by atoms with Gasteiger partial charge in [-0.1, -0.05) is 67.8 Å². The fraction of sp³-hybridized carbons (Fsp3) is 0.545. The van der Waals surface area contributed by atoms with Gasteiger partial charge in [-0.3, -0.25) is 14.2 Å². The van der Waals surface area contributed by atoms with Crippen LogP contribution < -0.4 is 0 Å². The number of benzene rings is 1. The number of unbranched alkanes of at least 4 members (excludes halogenated alkanes) is 7. The van der Waals surface area contributed by atoms with Crippen molar-refractivity contribution in [3.05, 3.63) is 28.2 Å². The Labute approximate surface area is 175 Å². The fourth-order valence-electron chi connectivity index (χ4n) is 3.42. The summed E-state index contributed by atoms with van der Waals surface area (Å²) in [7, 11) is 0. The van der Waals surface area contributed by atoms with Crippen LogP contribution in [0.5, 0.6) is 5.88 Å². The number of aromatic nitrogens is 1. The minimum Gasteiger partial charge on any atom is -0.494 e. The highest BCUT2D eigenvalue weighted by Crippen LogP contribution is 2.33. The number of nitrogens with zero attached hydrogens (tertiary/aromatic N) is 1. The molecule has 5 nitrogen and oxygen atoms in total. The van der Waals surface area contributed by atoms with E-state index in [0.29, 0.717) is 17.5 Å². The van der Waals surface area contributed by atoms with Crippen LogP contribution in [0.4, 0.5) is 0 Å². The Kier molecular flexibility index (Phi) is 9.19. The monoisotopic (exact) mass is 451 g/mol. The Morgan fingerprint density at radius 3 is 2.36 bits per heavy atom. The van der Waals surface area contributed by atoms with E-state index in [0.717, 1.165) is 21.9 Å². The maximum absolute atomic E-state index is 12.6. The van der Waals surface area contributed by atoms with E-state index in [-0.39, 0.29) is 29.7 Å². The Morgan fingerprint density at radius 2 is 1.71 bits per heavy atom. The molecule has 0 aliphatic rings. The maximum atomic E-state index is 12.6. The quantitative estimate of drug-likeness (QED) is 0.312. The third kappa shape index (κ3) is 5.92. The summed E-state index contributed by atoms with van der Waals surface area (Å²) in [5, 5.41) is 11.0. The summed E-state index contributed by atoms with van der Waals surface area (Å²) < 4.78 is 7.47. The second-order valence-corrected chi connectivity index (χ2v) is 8.08. The van der Waals surface area contributed by atoms with Gasteiger partial charge < -0.3 is 9.84 Å². The molecule has 0 unspecified atom stereocenters. The molecule has 0 radical (unpaired) electrons. The van der Waals surface area contributed by atoms with Crippen LogP contribution in [0.2, 0.25) is 0 Å². The van der Waals surface area contributed by atoms with Crippen molar-refractivity contribution >= 4 is 38.5 Å². The van der Waals surface area contributed by atoms with Crippen molar-refractivity contribution in [3.63, 3.8) is 0 Å². The van der Waals surface area contributed by atoms with E-state index in [2.05, 4.69) is 22.9 Å². The summed E-state index contributed by atoms with van der Waals surface area (Å²) in [4.78, 5) is 24.5. The second-order valence-electron chi connectivity index (χ2n) is 7.17. The molecule has 154 valence electrons. The molecule has 0 aliphatic carbocycles. The first-order chi connectivity index (χ1) is 13.5. The molecule has 0 atom stereocenters. The summed E-state index contributed by atoms with van der Waals surface area (Å²) in [6.07, 6.45) is 9.66. The highest BCUT2D eigenvalue weighted by molar-refractivity contribution is 9.10. The number of fused-ring (bicyclic) bond motifs is 1. The van der Waals surface area contributed by atoms with Gasteiger partial charge in [0.2, 0.25) is 11.8 Å². The largest absolute Gasteiger partial charge is 0.494 e. The van der Waals surface area contributed by atoms with Gasteiger partial charge in [-0.2, -0.15) is 0 Å². The number of rotatable bonds is 12. The first-order valence-corrected chi connectivity index (χ1v) is 10.9. The molecule has 0 bridgehead atoms. The predicted molar refractivity (Wildman–Crippen MR) is 115 cm³/mol. The zero-order chi connectivity index (χ0) is 20.5. The van der Waals surface area contributed by atoms with Crippen molar-refractivity contribution in [2.45, 2.75) is 65.2 Å². The molecule has 1 heterocycles. The Balaban J connectivity index is 1.88. The number of hydrogen-bond acceptors (Lipinski definition) is 4. The lowest BCUT2D eigenvalue weighted by Crippen LogP contribution is -2.11. The van der Waals surface area contributed by atoms with Crippen LogP contribution in [0.25, 0.3) is 10.9 Å². The number of carbonyl (C=O) groups excluding carboxylic acids is 2. The average molecular weight is 452 g/mol. The molecule has 0 fully saturated rings. The second kappa shape index (κ2) is 11.4. The molecule has 6 heteroatoms. The molecule has 2 rings (SSSR count). The lowest BCUT2D eigenvalue weighted by atomic mass is 10.1. The topological polar surface area (TPSA) is 68.5 Å². The van der Waals surface area contributed by atoms with Crippen LogP contribution in [0, 0.1) is 0 Å². The minimum atomic E-state index is -0.344. The van der Waals surface area contributed by atoms with Gasteiger partial charge >= 0.3 is 0 Å². The standard InChI is InChI=1S/C22H30BrNO4/c1-3-4-5-6-7-8-9-10-13-28-15-20(26)21-18-14-17(23)11-12-19(18)24(16(2)25)22(21)27/h11-12,14,27H,3-10,13,15H2,1-2H3. The SMILES string of the molecule is CCCCCCCCCCOCC(=O)c1c(O)n(C(C)=O)c2ccc(Br)cc12. The molecular formula is C22H30BrNO4. The molecule has 2 aromatic rings. The van der Waals surface area contributed by atoms with Crippen LogP contribution in [0.3, 0.4) is 0 Å². The van der Waals surface area contributed by atoms with E-state index in [1.807, 2.05) is 0 Å². The van der Waals surface area contributed by atoms with Gasteiger partial charge in [0.15, 0.2) is 5.78 Å². The molecule has 1 aromatic heterocycles. The highest BCUT2D eigenvalue weighted by Gasteiger charge is 2.24. The number of carbonyl (C=O) groups is 2. The number of aromatic hydroxyl groups is 1. The van der Waals surface area contributed by atoms with Gasteiger partial charge in [0.05, 0.1) is 11.1 Å². The van der Waals surface area contributed by atoms with E-state index >= 15 is 0 Å². The fourth-order valence-corrected chi connectivity index (χ4v) is 3.78. The number of ketones is 1. The molecule has 1 aromatic carbocycles. The average Bonchev–Trinajstić information content (AvgIpc) is 2.94. The van der Waals surface area contributed by atoms with Gasteiger partial charge in [-0.15, -0.1) is 0 Å². The first-order valence-electron chi connectivity index (χ1n) is 10.1. The van der Waals surface area contributed by atoms with Crippen LogP contribution in [0.15, 0.2) is 22.7 Å². The van der Waals surface area contributed by atoms with Crippen LogP contribution in [-0.2, 0) is 4.74 Å². The van der Waals surface area contributed by atoms with Crippen molar-refractivity contribution in [1.29, 1.82) is 0 Å². The lowest BCUT2D eigenvalue weighted by molar-refractivity contribution is 0.0751. The van der Waals surface area contributed by atoms with Crippen LogP contribution in [-0.4, -0.2) is 34.6 Å². The molecule has 0 amide bonds. The van der Waals surface area contributed by atoms with Gasteiger partial charge in [0, 0.05) is 23.4 Å². The van der Waals surface area contributed by atoms with E-state index in [9.17, 15) is 14.7 Å². The van der Waals surface area contributed by atoms with Crippen molar-refractivity contribution in [3.8, 4) is 5.88 Å². The van der Waals surface area contributed by atoms with Gasteiger partial charge in [0.25, 0.3) is 0 Å². The molecule has 0 saturated carbocycles. The van der Waals surface area contributed by atoms with Crippen molar-refractivity contribution in [2.75, 3.05) is 13.2 Å². The molecule has 0 saturated heterocycles. The van der Waals surface area contributed by atoms with Crippen molar-refractivity contribution < 1.29 is 19.4 Å². The van der Waals surface area contributed by atoms with Crippen LogP contribution >= 0.6 is 15.9 Å². The summed E-state index contributed by atoms with van der Waals surface area (Å²) in [6.45, 7) is 3.99. The van der Waals surface area contributed by atoms with Crippen LogP contribution in [0.1, 0.15) is 80.4 Å². The highest BCUT2D eigenvalue weighted by atomic mass is 79.9. The lowest BCUT2D eigenvalue weighted by Gasteiger charge is -2.05. The summed E-state index contributed by atoms with van der Waals surface area (Å²) in [5.41, 5.74) is 0.655. The zero-order valence-corrected chi connectivity index (χ0v) is 18.4. The summed E-state index contributed by atoms with van der Waals surface area (Å²) in [6, 6.07) is 5.22. The predicted octanol–water partition coefficient (Wildman–Crippen LogP) is 6.11. The van der Waals surface area contributed by atoms with Gasteiger partial charge in [0.1, 0.15) is 6.61 Å². The maximum Gasteiger partial charge on any atom is 0.230 e. The zero-order valence-electron chi connectivity index (χ0n) is 16.8. The smallest absolute Gasteiger partial charge is 0.230 e. The minimum absolute atomic E-state index is 0.104. The van der Waals surface area contributed by atoms with E-state index in [4.69, 9.17) is 4.74 Å². The molecular weight excluding hydrogens is 422 g/mol. The van der Waals surface area contributed by atoms with Crippen molar-refractivity contribution in [1.82, 2.24) is 4.57 Å². The van der Waals surface area contributed by atoms with Crippen molar-refractivity contribution in [2.24, 2.45) is 0 Å². The molecule has 0 spiro atoms. The number of hydrogen-bond donors (Lipinski definition) is 1. The third-order valence-corrected chi connectivity index (χ3v) is 5.37. The summed E-state index contributed by atoms with van der Waals surface area (Å²) >= 11 is 3.38. The van der Waals surface area contributed by atoms with Gasteiger partial charge in [-0.05, 0) is 24.6 Å². The van der Waals surface area contributed by atoms with E-state index < -0.39 is 0 Å². The Bertz CT molecular complexity index is 812. The Hall–Kier alpha value is -1.66.